The first-order chi connectivity index (χ1) is 49.9. The number of hydrogen-bond acceptors (Lipinski definition) is 20. The molecule has 1 N–H and O–H groups in total. The Morgan fingerprint density at radius 3 is 1.32 bits per heavy atom. The van der Waals surface area contributed by atoms with Gasteiger partial charge in [-0.15, -0.1) is 26.3 Å². The van der Waals surface area contributed by atoms with Crippen LogP contribution in [-0.2, 0) is 88.4 Å². The first-order valence-corrected chi connectivity index (χ1v) is 43.3. The molecule has 0 spiro atoms. The number of methoxy groups -OCH3 is 2. The Hall–Kier alpha value is -2.01. The lowest BCUT2D eigenvalue weighted by atomic mass is 9.97. The van der Waals surface area contributed by atoms with Crippen molar-refractivity contribution in [2.45, 2.75) is 358 Å². The van der Waals surface area contributed by atoms with Crippen molar-refractivity contribution < 1.29 is 93.5 Å². The maximum atomic E-state index is 14.7. The van der Waals surface area contributed by atoms with Crippen LogP contribution in [0.4, 0.5) is 0 Å². The van der Waals surface area contributed by atoms with Gasteiger partial charge in [-0.3, -0.25) is 31.9 Å². The highest BCUT2D eigenvalue weighted by Crippen LogP contribution is 2.53. The number of unbranched alkanes of at least 4 members (excludes halogenated alkanes) is 33. The number of carbonyl (C=O) groups is 1. The summed E-state index contributed by atoms with van der Waals surface area (Å²) in [5.41, 5.74) is 0. The molecule has 598 valence electrons. The number of carbonyl (C=O) groups excluding carboxylic acids is 1. The first-order valence-electron chi connectivity index (χ1n) is 40.3. The van der Waals surface area contributed by atoms with Crippen LogP contribution in [0.15, 0.2) is 62.8 Å². The van der Waals surface area contributed by atoms with Crippen molar-refractivity contribution in [3.8, 4) is 0 Å². The Morgan fingerprint density at radius 1 is 0.412 bits per heavy atom. The lowest BCUT2D eigenvalue weighted by molar-refractivity contribution is -0.340. The predicted molar refractivity (Wildman–Crippen MR) is 409 cm³/mol. The number of esters is 1. The van der Waals surface area contributed by atoms with Crippen LogP contribution in [0.2, 0.25) is 0 Å². The molecular formula is C80H148O20P2. The highest BCUT2D eigenvalue weighted by Gasteiger charge is 2.54. The lowest BCUT2D eigenvalue weighted by Crippen LogP contribution is -2.64. The van der Waals surface area contributed by atoms with Crippen molar-refractivity contribution in [3.63, 3.8) is 0 Å². The average Bonchev–Trinajstić information content (AvgIpc) is 0.797. The Morgan fingerprint density at radius 2 is 0.833 bits per heavy atom. The Balaban J connectivity index is 2.68. The summed E-state index contributed by atoms with van der Waals surface area (Å²) in [6, 6.07) is 0. The summed E-state index contributed by atoms with van der Waals surface area (Å²) in [7, 11) is -5.38. The van der Waals surface area contributed by atoms with Gasteiger partial charge in [0.25, 0.3) is 0 Å². The molecule has 20 nitrogen and oxygen atoms in total. The molecule has 0 saturated carbocycles. The second kappa shape index (κ2) is 66.0. The average molecular weight is 1490 g/mol. The summed E-state index contributed by atoms with van der Waals surface area (Å²) >= 11 is 0. The summed E-state index contributed by atoms with van der Waals surface area (Å²) < 4.78 is 129. The van der Waals surface area contributed by atoms with E-state index in [1.165, 1.54) is 134 Å². The topological polar surface area (TPSA) is 219 Å². The SMILES string of the molecule is C=CCOP(=O)(OCC=C)OCCO[C@H]1O[C@H](CO[C@@H]2O[C@H](COC)[C@@H](OP(=O)(OCC=C)OCC=C)[C@H](OCC[C@@H](CCCCCCC)OC)[C@H]2OC(=O)CCCCCCCCC/C=C\CCCCCC)[C@@H](O)[C@H](OCCCCCCCCCCCC)[C@H]1OCCCCCCCCCCCC. The third-order valence-corrected chi connectivity index (χ3v) is 21.3. The number of phosphoric ester groups is 2. The fourth-order valence-electron chi connectivity index (χ4n) is 12.6. The molecule has 0 aromatic heterocycles. The molecule has 11 atom stereocenters. The second-order valence-corrected chi connectivity index (χ2v) is 30.7. The molecular weight excluding hydrogens is 1340 g/mol. The largest absolute Gasteiger partial charge is 0.475 e. The molecule has 2 aliphatic heterocycles. The Kier molecular flexibility index (Phi) is 62.2. The molecule has 22 heteroatoms. The molecule has 0 unspecified atom stereocenters. The van der Waals surface area contributed by atoms with E-state index in [2.05, 4.69) is 66.2 Å². The molecule has 0 radical (unpaired) electrons. The maximum absolute atomic E-state index is 14.7. The Bertz CT molecular complexity index is 2090. The number of hydrogen-bond donors (Lipinski definition) is 1. The van der Waals surface area contributed by atoms with E-state index in [-0.39, 0.29) is 72.0 Å². The van der Waals surface area contributed by atoms with E-state index in [1.807, 2.05) is 0 Å². The van der Waals surface area contributed by atoms with Crippen LogP contribution in [0, 0.1) is 0 Å². The van der Waals surface area contributed by atoms with Crippen molar-refractivity contribution in [3.05, 3.63) is 62.8 Å². The molecule has 102 heavy (non-hydrogen) atoms. The fourth-order valence-corrected chi connectivity index (χ4v) is 15.0. The quantitative estimate of drug-likeness (QED) is 0.0259. The highest BCUT2D eigenvalue weighted by molar-refractivity contribution is 7.48. The zero-order valence-electron chi connectivity index (χ0n) is 65.0. The number of aliphatic hydroxyl groups is 1. The number of ether oxygens (including phenoxy) is 10. The summed E-state index contributed by atoms with van der Waals surface area (Å²) in [5.74, 6) is -0.533. The number of allylic oxidation sites excluding steroid dienone is 2. The van der Waals surface area contributed by atoms with Crippen molar-refractivity contribution in [1.29, 1.82) is 0 Å². The molecule has 2 aliphatic rings. The van der Waals surface area contributed by atoms with Gasteiger partial charge in [-0.25, -0.2) is 9.13 Å². The van der Waals surface area contributed by atoms with E-state index in [0.717, 1.165) is 141 Å². The lowest BCUT2D eigenvalue weighted by Gasteiger charge is -2.47. The summed E-state index contributed by atoms with van der Waals surface area (Å²) in [6.45, 7) is 23.0. The molecule has 0 aromatic rings. The second-order valence-electron chi connectivity index (χ2n) is 27.4. The van der Waals surface area contributed by atoms with Gasteiger partial charge in [-0.05, 0) is 57.8 Å². The third kappa shape index (κ3) is 46.4. The van der Waals surface area contributed by atoms with Crippen molar-refractivity contribution in [2.24, 2.45) is 0 Å². The van der Waals surface area contributed by atoms with Crippen LogP contribution in [0.25, 0.3) is 0 Å². The highest BCUT2D eigenvalue weighted by atomic mass is 31.2. The van der Waals surface area contributed by atoms with E-state index < -0.39 is 83.0 Å². The third-order valence-electron chi connectivity index (χ3n) is 18.5. The molecule has 2 fully saturated rings. The van der Waals surface area contributed by atoms with Crippen molar-refractivity contribution >= 4 is 21.6 Å². The minimum atomic E-state index is -4.48. The van der Waals surface area contributed by atoms with Gasteiger partial charge in [-0.2, -0.15) is 0 Å². The van der Waals surface area contributed by atoms with Crippen LogP contribution in [0.1, 0.15) is 291 Å². The van der Waals surface area contributed by atoms with Crippen LogP contribution in [0.3, 0.4) is 0 Å². The number of aliphatic hydroxyl groups excluding tert-OH is 1. The van der Waals surface area contributed by atoms with Gasteiger partial charge in [0.1, 0.15) is 42.7 Å². The zero-order chi connectivity index (χ0) is 74.3. The minimum Gasteiger partial charge on any atom is -0.454 e. The molecule has 0 aromatic carbocycles. The van der Waals surface area contributed by atoms with E-state index in [1.54, 1.807) is 7.11 Å². The predicted octanol–water partition coefficient (Wildman–Crippen LogP) is 20.6. The van der Waals surface area contributed by atoms with Gasteiger partial charge in [0, 0.05) is 40.5 Å². The molecule has 0 aliphatic carbocycles. The van der Waals surface area contributed by atoms with Crippen LogP contribution in [-0.4, -0.2) is 165 Å². The van der Waals surface area contributed by atoms with Gasteiger partial charge in [-0.1, -0.05) is 263 Å². The van der Waals surface area contributed by atoms with Crippen molar-refractivity contribution in [2.75, 3.05) is 86.9 Å². The number of phosphoric acid groups is 2. The van der Waals surface area contributed by atoms with E-state index >= 15 is 0 Å². The van der Waals surface area contributed by atoms with E-state index in [9.17, 15) is 19.0 Å². The Labute approximate surface area is 620 Å². The molecule has 0 amide bonds. The van der Waals surface area contributed by atoms with E-state index in [4.69, 9.17) is 74.5 Å². The van der Waals surface area contributed by atoms with Gasteiger partial charge in [0.05, 0.1) is 59.0 Å². The van der Waals surface area contributed by atoms with Crippen LogP contribution in [0.5, 0.6) is 0 Å². The van der Waals surface area contributed by atoms with Gasteiger partial charge < -0.3 is 52.5 Å². The molecule has 2 saturated heterocycles. The maximum Gasteiger partial charge on any atom is 0.475 e. The van der Waals surface area contributed by atoms with Crippen LogP contribution < -0.4 is 0 Å². The molecule has 2 heterocycles. The van der Waals surface area contributed by atoms with Gasteiger partial charge in [0.2, 0.25) is 0 Å². The minimum absolute atomic E-state index is 0.0845. The normalized spacial score (nSPS) is 21.4. The summed E-state index contributed by atoms with van der Waals surface area (Å²) in [5, 5.41) is 12.7. The zero-order valence-corrected chi connectivity index (χ0v) is 66.8. The fraction of sp³-hybridized carbons (Fsp3) is 0.863. The smallest absolute Gasteiger partial charge is 0.454 e. The molecule has 0 bridgehead atoms. The van der Waals surface area contributed by atoms with Crippen LogP contribution >= 0.6 is 15.6 Å². The van der Waals surface area contributed by atoms with Gasteiger partial charge in [0.15, 0.2) is 18.7 Å². The summed E-state index contributed by atoms with van der Waals surface area (Å²) in [4.78, 5) is 14.5. The van der Waals surface area contributed by atoms with Crippen molar-refractivity contribution in [1.82, 2.24) is 0 Å². The standard InChI is InChI=1S/C80H148O20P2/c1-11-19-23-27-30-33-36-37-38-39-40-41-44-48-52-56-72(81)99-78-76(89-64-57-69(86-10)55-51-47-26-22-14-4)74(100-102(84,94-60-17-7)95-61-18-8)71(67-85-9)98-80(78)91-68-70-73(82)75(87-62-53-49-45-42-34-31-28-24-20-12-2)77(88-63-54-50-46-43-35-32-29-25-21-13-3)79(97-70)90-65-66-96-101(83,92-58-15-5)93-59-16-6/h15-18,33,36,69-71,73-80,82H,5-8,11-14,19-32,34-35,37-68H2,1-4,9-10H3/b36-33-/t69-,70-,71-,73-,74-,75+,76+,77-,78-,79+,80-/m1/s1. The monoisotopic (exact) mass is 1490 g/mol. The van der Waals surface area contributed by atoms with Gasteiger partial charge >= 0.3 is 21.6 Å². The number of rotatable bonds is 75. The molecule has 2 rings (SSSR count). The summed E-state index contributed by atoms with van der Waals surface area (Å²) in [6.07, 6.45) is 41.9. The first kappa shape index (κ1) is 96.1. The van der Waals surface area contributed by atoms with E-state index in [0.29, 0.717) is 26.1 Å².